The summed E-state index contributed by atoms with van der Waals surface area (Å²) in [6.07, 6.45) is 9.30. The summed E-state index contributed by atoms with van der Waals surface area (Å²) in [6, 6.07) is 0.0958. The molecule has 0 radical (unpaired) electrons. The summed E-state index contributed by atoms with van der Waals surface area (Å²) in [4.78, 5) is 4.14. The summed E-state index contributed by atoms with van der Waals surface area (Å²) in [7, 11) is 0. The predicted octanol–water partition coefficient (Wildman–Crippen LogP) is 2.09. The monoisotopic (exact) mass is 193 g/mol. The Labute approximate surface area is 85.3 Å². The maximum absolute atomic E-state index is 5.84. The fourth-order valence-corrected chi connectivity index (χ4v) is 1.85. The van der Waals surface area contributed by atoms with Crippen LogP contribution >= 0.6 is 0 Å². The molecule has 3 heteroatoms. The van der Waals surface area contributed by atoms with Gasteiger partial charge in [0.1, 0.15) is 0 Å². The van der Waals surface area contributed by atoms with E-state index in [0.717, 1.165) is 18.2 Å². The number of hydrogen-bond acceptors (Lipinski definition) is 2. The number of nitrogens with zero attached hydrogens (tertiary/aromatic N) is 2. The molecule has 2 rings (SSSR count). The summed E-state index contributed by atoms with van der Waals surface area (Å²) in [6.45, 7) is 3.09. The van der Waals surface area contributed by atoms with Gasteiger partial charge < -0.3 is 10.3 Å². The van der Waals surface area contributed by atoms with E-state index in [0.29, 0.717) is 0 Å². The summed E-state index contributed by atoms with van der Waals surface area (Å²) in [5, 5.41) is 0. The van der Waals surface area contributed by atoms with Crippen molar-refractivity contribution in [1.29, 1.82) is 0 Å². The maximum atomic E-state index is 5.84. The van der Waals surface area contributed by atoms with Crippen molar-refractivity contribution in [2.75, 3.05) is 0 Å². The first-order valence-corrected chi connectivity index (χ1v) is 5.53. The van der Waals surface area contributed by atoms with Crippen LogP contribution in [0.3, 0.4) is 0 Å². The largest absolute Gasteiger partial charge is 0.333 e. The van der Waals surface area contributed by atoms with Gasteiger partial charge in [-0.1, -0.05) is 12.8 Å². The third kappa shape index (κ3) is 2.35. The van der Waals surface area contributed by atoms with Crippen molar-refractivity contribution in [3.05, 3.63) is 18.2 Å². The third-order valence-electron chi connectivity index (χ3n) is 2.92. The van der Waals surface area contributed by atoms with Crippen LogP contribution in [-0.2, 0) is 6.54 Å². The van der Waals surface area contributed by atoms with Gasteiger partial charge in [-0.3, -0.25) is 0 Å². The minimum Gasteiger partial charge on any atom is -0.333 e. The molecule has 0 saturated heterocycles. The normalized spacial score (nSPS) is 18.4. The smallest absolute Gasteiger partial charge is 0.0948 e. The number of aromatic nitrogens is 2. The maximum Gasteiger partial charge on any atom is 0.0948 e. The highest BCUT2D eigenvalue weighted by Crippen LogP contribution is 2.33. The molecule has 1 aromatic heterocycles. The average molecular weight is 193 g/mol. The van der Waals surface area contributed by atoms with E-state index in [1.54, 1.807) is 0 Å². The van der Waals surface area contributed by atoms with Gasteiger partial charge in [0.05, 0.1) is 12.0 Å². The molecule has 3 nitrogen and oxygen atoms in total. The summed E-state index contributed by atoms with van der Waals surface area (Å²) in [5.41, 5.74) is 7.00. The average Bonchev–Trinajstić information content (AvgIpc) is 2.82. The first-order chi connectivity index (χ1) is 6.77. The standard InChI is InChI=1S/C11H19N3/c1-9(12)11-7-13-8-14(11)6-2-3-10-4-5-10/h7-10H,2-6,12H2,1H3/t9-/m0/s1. The zero-order valence-electron chi connectivity index (χ0n) is 8.82. The molecule has 1 fully saturated rings. The molecule has 0 aliphatic heterocycles. The molecule has 0 spiro atoms. The van der Waals surface area contributed by atoms with E-state index in [-0.39, 0.29) is 6.04 Å². The van der Waals surface area contributed by atoms with Gasteiger partial charge in [0.15, 0.2) is 0 Å². The van der Waals surface area contributed by atoms with Crippen LogP contribution in [-0.4, -0.2) is 9.55 Å². The second-order valence-corrected chi connectivity index (χ2v) is 4.39. The number of aryl methyl sites for hydroxylation is 1. The Kier molecular flexibility index (Phi) is 2.87. The molecule has 14 heavy (non-hydrogen) atoms. The van der Waals surface area contributed by atoms with E-state index >= 15 is 0 Å². The molecule has 0 amide bonds. The highest BCUT2D eigenvalue weighted by Gasteiger charge is 2.20. The van der Waals surface area contributed by atoms with Crippen molar-refractivity contribution >= 4 is 0 Å². The highest BCUT2D eigenvalue weighted by atomic mass is 15.1. The minimum atomic E-state index is 0.0958. The molecule has 1 atom stereocenters. The molecule has 0 unspecified atom stereocenters. The van der Waals surface area contributed by atoms with Gasteiger partial charge in [0.2, 0.25) is 0 Å². The summed E-state index contributed by atoms with van der Waals surface area (Å²) < 4.78 is 2.19. The van der Waals surface area contributed by atoms with Crippen LogP contribution in [0.4, 0.5) is 0 Å². The molecule has 78 valence electrons. The lowest BCUT2D eigenvalue weighted by Crippen LogP contribution is -2.11. The third-order valence-corrected chi connectivity index (χ3v) is 2.92. The van der Waals surface area contributed by atoms with E-state index in [1.807, 2.05) is 19.4 Å². The molecule has 0 aromatic carbocycles. The Morgan fingerprint density at radius 1 is 1.64 bits per heavy atom. The number of rotatable bonds is 5. The summed E-state index contributed by atoms with van der Waals surface area (Å²) >= 11 is 0. The number of imidazole rings is 1. The SMILES string of the molecule is C[C@H](N)c1cncn1CCCC1CC1. The molecule has 1 saturated carbocycles. The van der Waals surface area contributed by atoms with E-state index in [9.17, 15) is 0 Å². The molecule has 1 aromatic rings. The first kappa shape index (κ1) is 9.71. The molecular formula is C11H19N3. The van der Waals surface area contributed by atoms with Crippen LogP contribution in [0.25, 0.3) is 0 Å². The Bertz CT molecular complexity index is 286. The van der Waals surface area contributed by atoms with Crippen molar-refractivity contribution in [1.82, 2.24) is 9.55 Å². The van der Waals surface area contributed by atoms with Crippen molar-refractivity contribution in [3.63, 3.8) is 0 Å². The fraction of sp³-hybridized carbons (Fsp3) is 0.727. The van der Waals surface area contributed by atoms with Crippen molar-refractivity contribution in [2.24, 2.45) is 11.7 Å². The van der Waals surface area contributed by atoms with Crippen molar-refractivity contribution in [2.45, 2.75) is 45.2 Å². The molecule has 1 aliphatic rings. The highest BCUT2D eigenvalue weighted by molar-refractivity contribution is 5.02. The second-order valence-electron chi connectivity index (χ2n) is 4.39. The predicted molar refractivity (Wildman–Crippen MR) is 56.8 cm³/mol. The van der Waals surface area contributed by atoms with Crippen molar-refractivity contribution < 1.29 is 0 Å². The quantitative estimate of drug-likeness (QED) is 0.778. The van der Waals surface area contributed by atoms with E-state index in [4.69, 9.17) is 5.73 Å². The lowest BCUT2D eigenvalue weighted by molar-refractivity contribution is 0.550. The van der Waals surface area contributed by atoms with Crippen LogP contribution in [0.5, 0.6) is 0 Å². The minimum absolute atomic E-state index is 0.0958. The second kappa shape index (κ2) is 4.13. The number of hydrogen-bond donors (Lipinski definition) is 1. The van der Waals surface area contributed by atoms with Gasteiger partial charge >= 0.3 is 0 Å². The zero-order chi connectivity index (χ0) is 9.97. The Hall–Kier alpha value is -0.830. The van der Waals surface area contributed by atoms with Gasteiger partial charge in [-0.25, -0.2) is 4.98 Å². The van der Waals surface area contributed by atoms with Crippen LogP contribution in [0.15, 0.2) is 12.5 Å². The van der Waals surface area contributed by atoms with Gasteiger partial charge in [-0.2, -0.15) is 0 Å². The Balaban J connectivity index is 1.84. The molecule has 0 bridgehead atoms. The zero-order valence-corrected chi connectivity index (χ0v) is 8.82. The van der Waals surface area contributed by atoms with Gasteiger partial charge in [-0.05, 0) is 25.7 Å². The van der Waals surface area contributed by atoms with Gasteiger partial charge in [0.25, 0.3) is 0 Å². The van der Waals surface area contributed by atoms with Gasteiger partial charge in [-0.15, -0.1) is 0 Å². The Morgan fingerprint density at radius 2 is 2.43 bits per heavy atom. The number of nitrogens with two attached hydrogens (primary N) is 1. The lowest BCUT2D eigenvalue weighted by Gasteiger charge is -2.10. The fourth-order valence-electron chi connectivity index (χ4n) is 1.85. The molecule has 1 aliphatic carbocycles. The molecular weight excluding hydrogens is 174 g/mol. The summed E-state index contributed by atoms with van der Waals surface area (Å²) in [5.74, 6) is 1.03. The molecule has 1 heterocycles. The van der Waals surface area contributed by atoms with Crippen LogP contribution in [0.2, 0.25) is 0 Å². The van der Waals surface area contributed by atoms with Crippen LogP contribution < -0.4 is 5.73 Å². The molecule has 2 N–H and O–H groups in total. The van der Waals surface area contributed by atoms with Crippen molar-refractivity contribution in [3.8, 4) is 0 Å². The topological polar surface area (TPSA) is 43.8 Å². The lowest BCUT2D eigenvalue weighted by atomic mass is 10.2. The first-order valence-electron chi connectivity index (χ1n) is 5.53. The Morgan fingerprint density at radius 3 is 3.07 bits per heavy atom. The van der Waals surface area contributed by atoms with E-state index < -0.39 is 0 Å². The van der Waals surface area contributed by atoms with E-state index in [1.165, 1.54) is 25.7 Å². The van der Waals surface area contributed by atoms with E-state index in [2.05, 4.69) is 9.55 Å². The van der Waals surface area contributed by atoms with Crippen LogP contribution in [0.1, 0.15) is 44.3 Å². The van der Waals surface area contributed by atoms with Gasteiger partial charge in [0, 0.05) is 18.8 Å². The van der Waals surface area contributed by atoms with Crippen LogP contribution in [0, 0.1) is 5.92 Å².